The molecule has 19 heavy (non-hydrogen) atoms. The summed E-state index contributed by atoms with van der Waals surface area (Å²) in [6.07, 6.45) is 3.74. The highest BCUT2D eigenvalue weighted by Gasteiger charge is 2.24. The van der Waals surface area contributed by atoms with Crippen LogP contribution in [0.4, 0.5) is 0 Å². The Balaban J connectivity index is 1.83. The Kier molecular flexibility index (Phi) is 5.49. The molecule has 106 valence electrons. The molecule has 2 atom stereocenters. The lowest BCUT2D eigenvalue weighted by molar-refractivity contribution is 0.109. The van der Waals surface area contributed by atoms with Gasteiger partial charge in [-0.1, -0.05) is 30.2 Å². The zero-order chi connectivity index (χ0) is 13.7. The summed E-state index contributed by atoms with van der Waals surface area (Å²) in [5, 5.41) is 0.671. The average molecular weight is 283 g/mol. The lowest BCUT2D eigenvalue weighted by Crippen LogP contribution is -2.50. The van der Waals surface area contributed by atoms with Gasteiger partial charge in [-0.15, -0.1) is 0 Å². The summed E-state index contributed by atoms with van der Waals surface area (Å²) < 4.78 is 5.75. The molecule has 1 heterocycles. The van der Waals surface area contributed by atoms with Gasteiger partial charge in [0.05, 0.1) is 5.02 Å². The van der Waals surface area contributed by atoms with Crippen molar-refractivity contribution in [2.75, 3.05) is 19.7 Å². The topological polar surface area (TPSA) is 38.5 Å². The van der Waals surface area contributed by atoms with Crippen molar-refractivity contribution in [1.29, 1.82) is 0 Å². The number of nitrogens with two attached hydrogens (primary N) is 1. The summed E-state index contributed by atoms with van der Waals surface area (Å²) in [6, 6.07) is 8.31. The third-order valence-corrected chi connectivity index (χ3v) is 4.06. The van der Waals surface area contributed by atoms with Gasteiger partial charge in [-0.3, -0.25) is 4.90 Å². The Bertz CT molecular complexity index is 397. The van der Waals surface area contributed by atoms with E-state index in [9.17, 15) is 0 Å². The van der Waals surface area contributed by atoms with Crippen molar-refractivity contribution in [2.45, 2.75) is 38.3 Å². The van der Waals surface area contributed by atoms with E-state index in [2.05, 4.69) is 11.8 Å². The van der Waals surface area contributed by atoms with Gasteiger partial charge in [0.1, 0.15) is 12.4 Å². The minimum Gasteiger partial charge on any atom is -0.491 e. The third-order valence-electron chi connectivity index (χ3n) is 3.74. The molecular formula is C15H23ClN2O. The molecule has 0 aromatic heterocycles. The number of nitrogens with zero attached hydrogens (tertiary/aromatic N) is 1. The van der Waals surface area contributed by atoms with Crippen LogP contribution in [0.2, 0.25) is 5.02 Å². The van der Waals surface area contributed by atoms with Crippen LogP contribution in [-0.2, 0) is 0 Å². The number of likely N-dealkylation sites (tertiary alicyclic amines) is 1. The summed E-state index contributed by atoms with van der Waals surface area (Å²) in [4.78, 5) is 2.45. The van der Waals surface area contributed by atoms with Crippen molar-refractivity contribution in [3.05, 3.63) is 29.3 Å². The molecule has 1 saturated heterocycles. The summed E-state index contributed by atoms with van der Waals surface area (Å²) in [6.45, 7) is 4.79. The fraction of sp³-hybridized carbons (Fsp3) is 0.600. The summed E-state index contributed by atoms with van der Waals surface area (Å²) in [7, 11) is 0. The Morgan fingerprint density at radius 1 is 1.42 bits per heavy atom. The first-order chi connectivity index (χ1) is 9.18. The number of benzene rings is 1. The van der Waals surface area contributed by atoms with Crippen LogP contribution in [0.3, 0.4) is 0 Å². The first kappa shape index (κ1) is 14.6. The number of rotatable bonds is 5. The highest BCUT2D eigenvalue weighted by molar-refractivity contribution is 6.32. The smallest absolute Gasteiger partial charge is 0.137 e. The van der Waals surface area contributed by atoms with Crippen LogP contribution in [0.1, 0.15) is 26.2 Å². The number of piperidine rings is 1. The number of hydrogen-bond acceptors (Lipinski definition) is 3. The molecule has 0 amide bonds. The van der Waals surface area contributed by atoms with E-state index in [0.29, 0.717) is 17.7 Å². The van der Waals surface area contributed by atoms with Crippen molar-refractivity contribution in [3.8, 4) is 5.75 Å². The van der Waals surface area contributed by atoms with E-state index in [-0.39, 0.29) is 6.04 Å². The van der Waals surface area contributed by atoms with E-state index in [1.807, 2.05) is 24.3 Å². The first-order valence-corrected chi connectivity index (χ1v) is 7.43. The molecule has 2 rings (SSSR count). The normalized spacial score (nSPS) is 22.2. The van der Waals surface area contributed by atoms with Gasteiger partial charge in [-0.2, -0.15) is 0 Å². The molecule has 1 aromatic carbocycles. The maximum absolute atomic E-state index is 6.07. The SMILES string of the molecule is CC(N)C1CCCCN1CCOc1ccccc1Cl. The number of ether oxygens (including phenoxy) is 1. The first-order valence-electron chi connectivity index (χ1n) is 7.05. The Labute approximate surface area is 120 Å². The predicted octanol–water partition coefficient (Wildman–Crippen LogP) is 2.92. The minimum atomic E-state index is 0.223. The van der Waals surface area contributed by atoms with Crippen LogP contribution in [0, 0.1) is 0 Å². The Morgan fingerprint density at radius 2 is 2.21 bits per heavy atom. The summed E-state index contributed by atoms with van der Waals surface area (Å²) in [5.41, 5.74) is 6.06. The molecule has 0 radical (unpaired) electrons. The molecule has 2 N–H and O–H groups in total. The molecular weight excluding hydrogens is 260 g/mol. The molecule has 0 spiro atoms. The lowest BCUT2D eigenvalue weighted by Gasteiger charge is -2.37. The second-order valence-electron chi connectivity index (χ2n) is 5.24. The van der Waals surface area contributed by atoms with Gasteiger partial charge in [0.2, 0.25) is 0 Å². The Morgan fingerprint density at radius 3 is 2.95 bits per heavy atom. The van der Waals surface area contributed by atoms with Gasteiger partial charge in [0.25, 0.3) is 0 Å². The van der Waals surface area contributed by atoms with Gasteiger partial charge >= 0.3 is 0 Å². The Hall–Kier alpha value is -0.770. The average Bonchev–Trinajstić information content (AvgIpc) is 2.41. The minimum absolute atomic E-state index is 0.223. The van der Waals surface area contributed by atoms with Crippen LogP contribution in [0.5, 0.6) is 5.75 Å². The van der Waals surface area contributed by atoms with Crippen molar-refractivity contribution < 1.29 is 4.74 Å². The van der Waals surface area contributed by atoms with Crippen molar-refractivity contribution in [3.63, 3.8) is 0 Å². The zero-order valence-corrected chi connectivity index (χ0v) is 12.3. The summed E-state index contributed by atoms with van der Waals surface area (Å²) >= 11 is 6.07. The number of halogens is 1. The van der Waals surface area contributed by atoms with Gasteiger partial charge < -0.3 is 10.5 Å². The van der Waals surface area contributed by atoms with E-state index in [1.54, 1.807) is 0 Å². The second-order valence-corrected chi connectivity index (χ2v) is 5.64. The van der Waals surface area contributed by atoms with E-state index in [0.717, 1.165) is 18.8 Å². The van der Waals surface area contributed by atoms with Crippen molar-refractivity contribution >= 4 is 11.6 Å². The predicted molar refractivity (Wildman–Crippen MR) is 79.8 cm³/mol. The van der Waals surface area contributed by atoms with Gasteiger partial charge in [-0.05, 0) is 38.4 Å². The van der Waals surface area contributed by atoms with Crippen molar-refractivity contribution in [2.24, 2.45) is 5.73 Å². The van der Waals surface area contributed by atoms with Gasteiger partial charge in [0.15, 0.2) is 0 Å². The molecule has 1 fully saturated rings. The van der Waals surface area contributed by atoms with Crippen LogP contribution < -0.4 is 10.5 Å². The quantitative estimate of drug-likeness (QED) is 0.902. The molecule has 0 saturated carbocycles. The number of hydrogen-bond donors (Lipinski definition) is 1. The molecule has 1 aliphatic rings. The number of para-hydroxylation sites is 1. The van der Waals surface area contributed by atoms with Crippen LogP contribution in [-0.4, -0.2) is 36.7 Å². The summed E-state index contributed by atoms with van der Waals surface area (Å²) in [5.74, 6) is 0.763. The van der Waals surface area contributed by atoms with E-state index in [1.165, 1.54) is 19.3 Å². The van der Waals surface area contributed by atoms with Gasteiger partial charge in [0, 0.05) is 18.6 Å². The molecule has 4 heteroatoms. The van der Waals surface area contributed by atoms with E-state index < -0.39 is 0 Å². The fourth-order valence-corrected chi connectivity index (χ4v) is 2.91. The van der Waals surface area contributed by atoms with Crippen LogP contribution >= 0.6 is 11.6 Å². The highest BCUT2D eigenvalue weighted by atomic mass is 35.5. The van der Waals surface area contributed by atoms with Crippen molar-refractivity contribution in [1.82, 2.24) is 4.90 Å². The molecule has 0 bridgehead atoms. The maximum atomic E-state index is 6.07. The molecule has 0 aliphatic carbocycles. The third kappa shape index (κ3) is 4.10. The second kappa shape index (κ2) is 7.13. The molecule has 1 aromatic rings. The fourth-order valence-electron chi connectivity index (χ4n) is 2.72. The van der Waals surface area contributed by atoms with Gasteiger partial charge in [-0.25, -0.2) is 0 Å². The molecule has 2 unspecified atom stereocenters. The van der Waals surface area contributed by atoms with E-state index >= 15 is 0 Å². The van der Waals surface area contributed by atoms with Crippen LogP contribution in [0.15, 0.2) is 24.3 Å². The molecule has 1 aliphatic heterocycles. The monoisotopic (exact) mass is 282 g/mol. The van der Waals surface area contributed by atoms with Crippen LogP contribution in [0.25, 0.3) is 0 Å². The lowest BCUT2D eigenvalue weighted by atomic mass is 9.97. The maximum Gasteiger partial charge on any atom is 0.137 e. The molecule has 3 nitrogen and oxygen atoms in total. The van der Waals surface area contributed by atoms with E-state index in [4.69, 9.17) is 22.1 Å². The largest absolute Gasteiger partial charge is 0.491 e. The standard InChI is InChI=1S/C15H23ClN2O/c1-12(17)14-7-4-5-9-18(14)10-11-19-15-8-3-2-6-13(15)16/h2-3,6,8,12,14H,4-5,7,9-11,17H2,1H3. The highest BCUT2D eigenvalue weighted by Crippen LogP contribution is 2.23. The zero-order valence-electron chi connectivity index (χ0n) is 11.5.